The van der Waals surface area contributed by atoms with Gasteiger partial charge in [0.15, 0.2) is 5.69 Å². The first kappa shape index (κ1) is 11.8. The van der Waals surface area contributed by atoms with Gasteiger partial charge in [-0.3, -0.25) is 14.7 Å². The lowest BCUT2D eigenvalue weighted by molar-refractivity contribution is 0.0993. The molecule has 0 atom stereocenters. The predicted molar refractivity (Wildman–Crippen MR) is 66.2 cm³/mol. The molecule has 4 N–H and O–H groups in total. The molecule has 0 aliphatic heterocycles. The van der Waals surface area contributed by atoms with Gasteiger partial charge >= 0.3 is 0 Å². The van der Waals surface area contributed by atoms with Gasteiger partial charge in [0.25, 0.3) is 11.8 Å². The van der Waals surface area contributed by atoms with Crippen LogP contribution >= 0.6 is 0 Å². The van der Waals surface area contributed by atoms with Gasteiger partial charge in [0.05, 0.1) is 0 Å². The summed E-state index contributed by atoms with van der Waals surface area (Å²) in [6.45, 7) is 1.94. The molecule has 0 fully saturated rings. The van der Waals surface area contributed by atoms with Gasteiger partial charge in [0, 0.05) is 11.6 Å². The quantitative estimate of drug-likeness (QED) is 0.752. The fourth-order valence-electron chi connectivity index (χ4n) is 1.41. The molecule has 92 valence electrons. The van der Waals surface area contributed by atoms with Crippen LogP contribution in [0.3, 0.4) is 0 Å². The monoisotopic (exact) mass is 244 g/mol. The Morgan fingerprint density at radius 1 is 1.28 bits per heavy atom. The molecule has 0 aliphatic carbocycles. The maximum Gasteiger partial charge on any atom is 0.269 e. The van der Waals surface area contributed by atoms with E-state index >= 15 is 0 Å². The van der Waals surface area contributed by atoms with Crippen LogP contribution in [0, 0.1) is 6.92 Å². The van der Waals surface area contributed by atoms with Crippen LogP contribution in [0.4, 0.5) is 5.82 Å². The van der Waals surface area contributed by atoms with Crippen molar-refractivity contribution in [2.45, 2.75) is 6.92 Å². The minimum Gasteiger partial charge on any atom is -0.364 e. The second kappa shape index (κ2) is 4.70. The van der Waals surface area contributed by atoms with E-state index in [4.69, 9.17) is 5.73 Å². The maximum absolute atomic E-state index is 11.8. The van der Waals surface area contributed by atoms with Crippen LogP contribution in [-0.4, -0.2) is 22.0 Å². The third-order valence-corrected chi connectivity index (χ3v) is 2.39. The lowest BCUT2D eigenvalue weighted by atomic mass is 10.1. The zero-order chi connectivity index (χ0) is 13.1. The molecule has 1 aromatic carbocycles. The molecule has 1 heterocycles. The fourth-order valence-corrected chi connectivity index (χ4v) is 1.41. The summed E-state index contributed by atoms with van der Waals surface area (Å²) >= 11 is 0. The Morgan fingerprint density at radius 3 is 2.50 bits per heavy atom. The van der Waals surface area contributed by atoms with Crippen molar-refractivity contribution in [3.63, 3.8) is 0 Å². The Labute approximate surface area is 103 Å². The standard InChI is InChI=1S/C12H12N4O2/c1-7-2-4-8(5-3-7)12(18)14-10-6-9(11(13)17)15-16-10/h2-6H,1H3,(H2,13,17)(H2,14,15,16,18). The van der Waals surface area contributed by atoms with Crippen molar-refractivity contribution in [2.75, 3.05) is 5.32 Å². The average Bonchev–Trinajstić information content (AvgIpc) is 2.78. The van der Waals surface area contributed by atoms with Gasteiger partial charge in [-0.2, -0.15) is 5.10 Å². The summed E-state index contributed by atoms with van der Waals surface area (Å²) in [4.78, 5) is 22.7. The van der Waals surface area contributed by atoms with E-state index in [0.29, 0.717) is 11.4 Å². The molecule has 0 bridgehead atoms. The number of benzene rings is 1. The molecule has 0 aliphatic rings. The molecule has 6 nitrogen and oxygen atoms in total. The lowest BCUT2D eigenvalue weighted by Crippen LogP contribution is -2.12. The smallest absolute Gasteiger partial charge is 0.269 e. The molecule has 0 unspecified atom stereocenters. The normalized spacial score (nSPS) is 10.1. The fraction of sp³-hybridized carbons (Fsp3) is 0.0833. The zero-order valence-electron chi connectivity index (χ0n) is 9.73. The summed E-state index contributed by atoms with van der Waals surface area (Å²) in [6.07, 6.45) is 0. The van der Waals surface area contributed by atoms with Gasteiger partial charge in [-0.25, -0.2) is 0 Å². The Kier molecular flexibility index (Phi) is 3.09. The van der Waals surface area contributed by atoms with E-state index in [2.05, 4.69) is 15.5 Å². The number of nitrogens with zero attached hydrogens (tertiary/aromatic N) is 1. The summed E-state index contributed by atoms with van der Waals surface area (Å²) in [7, 11) is 0. The van der Waals surface area contributed by atoms with Crippen LogP contribution in [0.2, 0.25) is 0 Å². The average molecular weight is 244 g/mol. The van der Waals surface area contributed by atoms with Crippen molar-refractivity contribution in [3.05, 3.63) is 47.2 Å². The molecular formula is C12H12N4O2. The number of anilines is 1. The van der Waals surface area contributed by atoms with Crippen molar-refractivity contribution in [3.8, 4) is 0 Å². The number of aryl methyl sites for hydroxylation is 1. The summed E-state index contributed by atoms with van der Waals surface area (Å²) in [5, 5.41) is 8.77. The first-order valence-corrected chi connectivity index (χ1v) is 5.29. The number of carbonyl (C=O) groups is 2. The largest absolute Gasteiger partial charge is 0.364 e. The predicted octanol–water partition coefficient (Wildman–Crippen LogP) is 1.07. The molecule has 6 heteroatoms. The van der Waals surface area contributed by atoms with Crippen molar-refractivity contribution < 1.29 is 9.59 Å². The highest BCUT2D eigenvalue weighted by molar-refractivity contribution is 6.04. The number of aromatic amines is 1. The van der Waals surface area contributed by atoms with E-state index in [1.807, 2.05) is 19.1 Å². The van der Waals surface area contributed by atoms with Crippen LogP contribution < -0.4 is 11.1 Å². The topological polar surface area (TPSA) is 101 Å². The van der Waals surface area contributed by atoms with Crippen molar-refractivity contribution in [1.29, 1.82) is 0 Å². The van der Waals surface area contributed by atoms with Gasteiger partial charge in [-0.05, 0) is 19.1 Å². The van der Waals surface area contributed by atoms with Crippen LogP contribution in [0.25, 0.3) is 0 Å². The second-order valence-corrected chi connectivity index (χ2v) is 3.85. The van der Waals surface area contributed by atoms with Gasteiger partial charge < -0.3 is 11.1 Å². The van der Waals surface area contributed by atoms with E-state index in [-0.39, 0.29) is 11.6 Å². The van der Waals surface area contributed by atoms with Crippen LogP contribution in [0.1, 0.15) is 26.4 Å². The van der Waals surface area contributed by atoms with Crippen LogP contribution in [0.5, 0.6) is 0 Å². The zero-order valence-corrected chi connectivity index (χ0v) is 9.73. The third-order valence-electron chi connectivity index (χ3n) is 2.39. The second-order valence-electron chi connectivity index (χ2n) is 3.85. The van der Waals surface area contributed by atoms with E-state index in [9.17, 15) is 9.59 Å². The summed E-state index contributed by atoms with van der Waals surface area (Å²) in [5.41, 5.74) is 6.73. The molecule has 1 aromatic heterocycles. The van der Waals surface area contributed by atoms with Crippen molar-refractivity contribution in [1.82, 2.24) is 10.2 Å². The number of amides is 2. The number of primary amides is 1. The number of aromatic nitrogens is 2. The number of nitrogens with one attached hydrogen (secondary N) is 2. The van der Waals surface area contributed by atoms with Crippen LogP contribution in [0.15, 0.2) is 30.3 Å². The van der Waals surface area contributed by atoms with E-state index in [1.54, 1.807) is 12.1 Å². The van der Waals surface area contributed by atoms with E-state index < -0.39 is 5.91 Å². The molecule has 0 spiro atoms. The summed E-state index contributed by atoms with van der Waals surface area (Å²) in [6, 6.07) is 8.51. The minimum absolute atomic E-state index is 0.0780. The minimum atomic E-state index is -0.651. The molecule has 18 heavy (non-hydrogen) atoms. The van der Waals surface area contributed by atoms with Gasteiger partial charge in [-0.1, -0.05) is 17.7 Å². The van der Waals surface area contributed by atoms with Gasteiger partial charge in [0.1, 0.15) is 5.82 Å². The Hall–Kier alpha value is -2.63. The van der Waals surface area contributed by atoms with Gasteiger partial charge in [-0.15, -0.1) is 0 Å². The van der Waals surface area contributed by atoms with Crippen LogP contribution in [-0.2, 0) is 0 Å². The Balaban J connectivity index is 2.11. The first-order chi connectivity index (χ1) is 8.56. The molecule has 2 rings (SSSR count). The van der Waals surface area contributed by atoms with Crippen molar-refractivity contribution >= 4 is 17.6 Å². The molecule has 2 aromatic rings. The molecule has 0 saturated carbocycles. The third kappa shape index (κ3) is 2.54. The SMILES string of the molecule is Cc1ccc(C(=O)Nc2cc(C(N)=O)n[nH]2)cc1. The van der Waals surface area contributed by atoms with E-state index in [0.717, 1.165) is 5.56 Å². The molecule has 0 saturated heterocycles. The summed E-state index contributed by atoms with van der Waals surface area (Å²) < 4.78 is 0. The number of rotatable bonds is 3. The lowest BCUT2D eigenvalue weighted by Gasteiger charge is -2.02. The highest BCUT2D eigenvalue weighted by Gasteiger charge is 2.10. The Bertz CT molecular complexity index is 586. The molecular weight excluding hydrogens is 232 g/mol. The molecule has 2 amide bonds. The highest BCUT2D eigenvalue weighted by Crippen LogP contribution is 2.08. The highest BCUT2D eigenvalue weighted by atomic mass is 16.2. The summed E-state index contributed by atoms with van der Waals surface area (Å²) in [5.74, 6) is -0.605. The molecule has 0 radical (unpaired) electrons. The number of hydrogen-bond donors (Lipinski definition) is 3. The van der Waals surface area contributed by atoms with E-state index in [1.165, 1.54) is 6.07 Å². The first-order valence-electron chi connectivity index (χ1n) is 5.29. The maximum atomic E-state index is 11.8. The number of carbonyl (C=O) groups excluding carboxylic acids is 2. The number of hydrogen-bond acceptors (Lipinski definition) is 3. The number of H-pyrrole nitrogens is 1. The Morgan fingerprint density at radius 2 is 1.94 bits per heavy atom. The van der Waals surface area contributed by atoms with Gasteiger partial charge in [0.2, 0.25) is 0 Å². The van der Waals surface area contributed by atoms with Crippen molar-refractivity contribution in [2.24, 2.45) is 5.73 Å². The number of nitrogens with two attached hydrogens (primary N) is 1.